The molecule has 1 amide bonds. The molecule has 1 aromatic heterocycles. The van der Waals surface area contributed by atoms with Crippen LogP contribution in [-0.2, 0) is 22.6 Å². The highest BCUT2D eigenvalue weighted by molar-refractivity contribution is 6.30. The lowest BCUT2D eigenvalue weighted by atomic mass is 9.76. The van der Waals surface area contributed by atoms with Gasteiger partial charge in [-0.1, -0.05) is 47.5 Å². The lowest BCUT2D eigenvalue weighted by Gasteiger charge is -2.39. The lowest BCUT2D eigenvalue weighted by Crippen LogP contribution is -2.45. The lowest BCUT2D eigenvalue weighted by molar-refractivity contribution is -0.0868. The second-order valence-corrected chi connectivity index (χ2v) is 11.1. The largest absolute Gasteiger partial charge is 0.385 e. The van der Waals surface area contributed by atoms with Gasteiger partial charge in [0.05, 0.1) is 22.9 Å². The first-order valence-corrected chi connectivity index (χ1v) is 13.2. The molecular formula is C29H31Cl2N3O3. The molecule has 1 saturated heterocycles. The van der Waals surface area contributed by atoms with E-state index in [0.29, 0.717) is 21.3 Å². The molecule has 0 spiro atoms. The molecule has 5 rings (SSSR count). The van der Waals surface area contributed by atoms with E-state index in [1.165, 1.54) is 0 Å². The number of rotatable bonds is 6. The highest BCUT2D eigenvalue weighted by atomic mass is 35.5. The van der Waals surface area contributed by atoms with Crippen LogP contribution in [0.25, 0.3) is 0 Å². The molecule has 1 N–H and O–H groups in total. The van der Waals surface area contributed by atoms with Crippen LogP contribution in [0.2, 0.25) is 10.0 Å². The van der Waals surface area contributed by atoms with Gasteiger partial charge in [0.1, 0.15) is 0 Å². The fourth-order valence-electron chi connectivity index (χ4n) is 5.74. The SMILES string of the molecule is CO[C@]1(c2ccc(Cl)cc2)c2ccc(C(C)(O)C3CCN(C)CC3)cc2C(=O)N1Cc1ccc(Cl)cn1. The van der Waals surface area contributed by atoms with Crippen LogP contribution < -0.4 is 0 Å². The number of piperidine rings is 1. The standard InChI is InChI=1S/C29H31Cl2N3O3/c1-28(36,19-12-14-33(2)15-13-19)21-6-11-26-25(16-21)27(35)34(18-24-10-9-23(31)17-32-24)29(26,37-3)20-4-7-22(30)8-5-20/h4-11,16-17,19,36H,12-15,18H2,1-3H3/t28?,29-/m1/s1. The third-order valence-corrected chi connectivity index (χ3v) is 8.45. The topological polar surface area (TPSA) is 65.9 Å². The first kappa shape index (κ1) is 26.1. The zero-order chi connectivity index (χ0) is 26.4. The van der Waals surface area contributed by atoms with Crippen molar-refractivity contribution in [2.45, 2.75) is 37.6 Å². The van der Waals surface area contributed by atoms with Crippen LogP contribution in [0, 0.1) is 5.92 Å². The Morgan fingerprint density at radius 2 is 1.76 bits per heavy atom. The summed E-state index contributed by atoms with van der Waals surface area (Å²) in [6.07, 6.45) is 3.36. The minimum atomic E-state index is -1.18. The van der Waals surface area contributed by atoms with E-state index in [0.717, 1.165) is 42.6 Å². The normalized spacial score (nSPS) is 22.2. The summed E-state index contributed by atoms with van der Waals surface area (Å²) in [5.41, 5.74) is 1.18. The molecule has 0 saturated carbocycles. The molecule has 3 aromatic rings. The summed E-state index contributed by atoms with van der Waals surface area (Å²) in [5.74, 6) is -0.0827. The number of hydrogen-bond donors (Lipinski definition) is 1. The van der Waals surface area contributed by atoms with E-state index < -0.39 is 11.3 Å². The minimum absolute atomic E-state index is 0.107. The van der Waals surface area contributed by atoms with Gasteiger partial charge in [-0.15, -0.1) is 0 Å². The second kappa shape index (κ2) is 10.0. The fourth-order valence-corrected chi connectivity index (χ4v) is 5.98. The fraction of sp³-hybridized carbons (Fsp3) is 0.379. The van der Waals surface area contributed by atoms with E-state index in [-0.39, 0.29) is 18.4 Å². The molecule has 0 radical (unpaired) electrons. The van der Waals surface area contributed by atoms with Crippen molar-refractivity contribution in [1.29, 1.82) is 0 Å². The van der Waals surface area contributed by atoms with Gasteiger partial charge in [0, 0.05) is 35.0 Å². The minimum Gasteiger partial charge on any atom is -0.385 e. The van der Waals surface area contributed by atoms with Gasteiger partial charge in [-0.3, -0.25) is 14.7 Å². The first-order chi connectivity index (χ1) is 17.7. The number of aliphatic hydroxyl groups is 1. The number of carbonyl (C=O) groups is 1. The Morgan fingerprint density at radius 1 is 1.08 bits per heavy atom. The summed E-state index contributed by atoms with van der Waals surface area (Å²) in [6, 6.07) is 16.6. The molecule has 3 heterocycles. The van der Waals surface area contributed by atoms with Crippen LogP contribution in [0.1, 0.15) is 52.5 Å². The Labute approximate surface area is 227 Å². The van der Waals surface area contributed by atoms with Crippen molar-refractivity contribution in [1.82, 2.24) is 14.8 Å². The molecule has 6 nitrogen and oxygen atoms in total. The Balaban J connectivity index is 1.61. The molecule has 1 unspecified atom stereocenters. The number of pyridine rings is 1. The van der Waals surface area contributed by atoms with Crippen molar-refractivity contribution in [3.05, 3.63) is 98.8 Å². The summed E-state index contributed by atoms with van der Waals surface area (Å²) in [4.78, 5) is 22.4. The van der Waals surface area contributed by atoms with Gasteiger partial charge >= 0.3 is 0 Å². The predicted octanol–water partition coefficient (Wildman–Crippen LogP) is 5.44. The Hall–Kier alpha value is -2.48. The first-order valence-electron chi connectivity index (χ1n) is 12.5. The van der Waals surface area contributed by atoms with Crippen LogP contribution in [0.3, 0.4) is 0 Å². The number of aromatic nitrogens is 1. The molecule has 1 fully saturated rings. The predicted molar refractivity (Wildman–Crippen MR) is 145 cm³/mol. The Morgan fingerprint density at radius 3 is 2.38 bits per heavy atom. The van der Waals surface area contributed by atoms with Crippen molar-refractivity contribution in [2.75, 3.05) is 27.2 Å². The van der Waals surface area contributed by atoms with Crippen molar-refractivity contribution >= 4 is 29.1 Å². The molecule has 37 heavy (non-hydrogen) atoms. The van der Waals surface area contributed by atoms with Crippen LogP contribution in [0.5, 0.6) is 0 Å². The third kappa shape index (κ3) is 4.55. The number of ether oxygens (including phenoxy) is 1. The van der Waals surface area contributed by atoms with Crippen molar-refractivity contribution < 1.29 is 14.6 Å². The smallest absolute Gasteiger partial charge is 0.257 e. The van der Waals surface area contributed by atoms with Gasteiger partial charge < -0.3 is 14.7 Å². The number of halogens is 2. The highest BCUT2D eigenvalue weighted by Gasteiger charge is 2.52. The summed E-state index contributed by atoms with van der Waals surface area (Å²) >= 11 is 12.2. The number of carbonyl (C=O) groups excluding carboxylic acids is 1. The van der Waals surface area contributed by atoms with Crippen LogP contribution >= 0.6 is 23.2 Å². The number of methoxy groups -OCH3 is 1. The van der Waals surface area contributed by atoms with Crippen LogP contribution in [0.4, 0.5) is 0 Å². The van der Waals surface area contributed by atoms with Gasteiger partial charge in [-0.05, 0) is 81.7 Å². The van der Waals surface area contributed by atoms with Gasteiger partial charge in [0.25, 0.3) is 5.91 Å². The van der Waals surface area contributed by atoms with Crippen molar-refractivity contribution in [3.63, 3.8) is 0 Å². The molecule has 2 aliphatic rings. The van der Waals surface area contributed by atoms with E-state index in [4.69, 9.17) is 27.9 Å². The second-order valence-electron chi connectivity index (χ2n) is 10.2. The van der Waals surface area contributed by atoms with E-state index in [9.17, 15) is 9.90 Å². The van der Waals surface area contributed by atoms with E-state index >= 15 is 0 Å². The van der Waals surface area contributed by atoms with Gasteiger partial charge in [0.15, 0.2) is 5.72 Å². The maximum Gasteiger partial charge on any atom is 0.257 e. The summed E-state index contributed by atoms with van der Waals surface area (Å²) in [5, 5.41) is 12.8. The van der Waals surface area contributed by atoms with E-state index in [2.05, 4.69) is 16.9 Å². The molecule has 0 aliphatic carbocycles. The summed E-state index contributed by atoms with van der Waals surface area (Å²) < 4.78 is 6.22. The molecule has 2 aromatic carbocycles. The van der Waals surface area contributed by atoms with Crippen LogP contribution in [-0.4, -0.2) is 53.0 Å². The van der Waals surface area contributed by atoms with E-state index in [1.54, 1.807) is 42.5 Å². The molecule has 0 bridgehead atoms. The summed E-state index contributed by atoms with van der Waals surface area (Å²) in [7, 11) is 3.70. The molecular weight excluding hydrogens is 509 g/mol. The molecule has 194 valence electrons. The number of nitrogens with zero attached hydrogens (tertiary/aromatic N) is 3. The third-order valence-electron chi connectivity index (χ3n) is 7.98. The monoisotopic (exact) mass is 539 g/mol. The Kier molecular flexibility index (Phi) is 7.07. The maximum absolute atomic E-state index is 14.1. The zero-order valence-electron chi connectivity index (χ0n) is 21.2. The number of likely N-dealkylation sites (tertiary alicyclic amines) is 1. The molecule has 2 aliphatic heterocycles. The molecule has 2 atom stereocenters. The Bertz CT molecular complexity index is 1290. The zero-order valence-corrected chi connectivity index (χ0v) is 22.8. The van der Waals surface area contributed by atoms with Gasteiger partial charge in [-0.25, -0.2) is 0 Å². The van der Waals surface area contributed by atoms with E-state index in [1.807, 2.05) is 37.3 Å². The average molecular weight is 540 g/mol. The van der Waals surface area contributed by atoms with Crippen molar-refractivity contribution in [2.24, 2.45) is 5.92 Å². The summed E-state index contributed by atoms with van der Waals surface area (Å²) in [6.45, 7) is 3.95. The van der Waals surface area contributed by atoms with Crippen LogP contribution in [0.15, 0.2) is 60.8 Å². The number of amides is 1. The number of benzene rings is 2. The quantitative estimate of drug-likeness (QED) is 0.451. The van der Waals surface area contributed by atoms with Crippen molar-refractivity contribution in [3.8, 4) is 0 Å². The molecule has 8 heteroatoms. The number of hydrogen-bond acceptors (Lipinski definition) is 5. The van der Waals surface area contributed by atoms with Gasteiger partial charge in [0.2, 0.25) is 0 Å². The number of fused-ring (bicyclic) bond motifs is 1. The maximum atomic E-state index is 14.1. The highest BCUT2D eigenvalue weighted by Crippen LogP contribution is 2.47. The average Bonchev–Trinajstić information content (AvgIpc) is 3.13. The van der Waals surface area contributed by atoms with Gasteiger partial charge in [-0.2, -0.15) is 0 Å².